The van der Waals surface area contributed by atoms with Gasteiger partial charge in [0.05, 0.1) is 4.92 Å². The van der Waals surface area contributed by atoms with Crippen molar-refractivity contribution in [2.24, 2.45) is 0 Å². The van der Waals surface area contributed by atoms with Crippen LogP contribution in [0.1, 0.15) is 5.56 Å². The van der Waals surface area contributed by atoms with Crippen molar-refractivity contribution in [1.82, 2.24) is 9.97 Å². The topological polar surface area (TPSA) is 116 Å². The average molecular weight is 275 g/mol. The highest BCUT2D eigenvalue weighted by Crippen LogP contribution is 2.31. The van der Waals surface area contributed by atoms with Gasteiger partial charge in [0.1, 0.15) is 5.82 Å². The van der Waals surface area contributed by atoms with Crippen molar-refractivity contribution < 1.29 is 9.66 Å². The number of nitro groups is 1. The highest BCUT2D eigenvalue weighted by atomic mass is 16.6. The first-order valence-electron chi connectivity index (χ1n) is 5.75. The molecule has 2 rings (SSSR count). The first-order chi connectivity index (χ1) is 9.49. The van der Waals surface area contributed by atoms with Crippen LogP contribution < -0.4 is 15.8 Å². The molecule has 8 nitrogen and oxygen atoms in total. The molecule has 1 aromatic heterocycles. The molecule has 0 amide bonds. The van der Waals surface area contributed by atoms with Crippen LogP contribution in [0.2, 0.25) is 0 Å². The van der Waals surface area contributed by atoms with E-state index < -0.39 is 4.92 Å². The van der Waals surface area contributed by atoms with E-state index in [1.165, 1.54) is 18.2 Å². The molecular formula is C12H13N5O3. The second-order valence-electron chi connectivity index (χ2n) is 4.03. The lowest BCUT2D eigenvalue weighted by Gasteiger charge is -2.08. The van der Waals surface area contributed by atoms with Crippen LogP contribution in [0.5, 0.6) is 11.6 Å². The number of ether oxygens (including phenoxy) is 1. The third-order valence-corrected chi connectivity index (χ3v) is 2.50. The summed E-state index contributed by atoms with van der Waals surface area (Å²) in [6.07, 6.45) is 0. The summed E-state index contributed by atoms with van der Waals surface area (Å²) in [6.45, 7) is 1.76. The summed E-state index contributed by atoms with van der Waals surface area (Å²) in [6, 6.07) is 6.16. The van der Waals surface area contributed by atoms with E-state index in [4.69, 9.17) is 10.5 Å². The Hall–Kier alpha value is -2.90. The Labute approximate surface area is 114 Å². The van der Waals surface area contributed by atoms with Crippen LogP contribution in [-0.4, -0.2) is 21.9 Å². The van der Waals surface area contributed by atoms with Gasteiger partial charge in [-0.2, -0.15) is 9.97 Å². The summed E-state index contributed by atoms with van der Waals surface area (Å²) in [7, 11) is 1.67. The summed E-state index contributed by atoms with van der Waals surface area (Å²) in [5, 5.41) is 13.8. The number of hydrogen-bond donors (Lipinski definition) is 2. The number of nitro benzene ring substituents is 1. The molecule has 104 valence electrons. The summed E-state index contributed by atoms with van der Waals surface area (Å²) in [4.78, 5) is 18.3. The maximum Gasteiger partial charge on any atom is 0.311 e. The van der Waals surface area contributed by atoms with E-state index in [0.717, 1.165) is 5.56 Å². The van der Waals surface area contributed by atoms with Crippen molar-refractivity contribution in [3.63, 3.8) is 0 Å². The number of nitrogens with zero attached hydrogens (tertiary/aromatic N) is 3. The maximum atomic E-state index is 11.0. The van der Waals surface area contributed by atoms with E-state index in [1.54, 1.807) is 20.0 Å². The molecule has 0 unspecified atom stereocenters. The Morgan fingerprint density at radius 1 is 1.35 bits per heavy atom. The molecule has 0 aliphatic rings. The fourth-order valence-electron chi connectivity index (χ4n) is 1.59. The Balaban J connectivity index is 2.39. The van der Waals surface area contributed by atoms with E-state index >= 15 is 0 Å². The van der Waals surface area contributed by atoms with Gasteiger partial charge in [-0.15, -0.1) is 0 Å². The van der Waals surface area contributed by atoms with Gasteiger partial charge in [0, 0.05) is 19.2 Å². The normalized spacial score (nSPS) is 10.1. The Bertz CT molecular complexity index is 660. The molecule has 0 aliphatic heterocycles. The van der Waals surface area contributed by atoms with E-state index in [2.05, 4.69) is 15.3 Å². The second kappa shape index (κ2) is 5.39. The molecule has 1 aromatic carbocycles. The monoisotopic (exact) mass is 275 g/mol. The lowest BCUT2D eigenvalue weighted by Crippen LogP contribution is -2.02. The van der Waals surface area contributed by atoms with Crippen molar-refractivity contribution >= 4 is 17.5 Å². The molecule has 1 heterocycles. The first kappa shape index (κ1) is 13.5. The van der Waals surface area contributed by atoms with Gasteiger partial charge in [-0.1, -0.05) is 6.07 Å². The van der Waals surface area contributed by atoms with Crippen LogP contribution in [0.4, 0.5) is 17.5 Å². The number of rotatable bonds is 4. The van der Waals surface area contributed by atoms with E-state index in [-0.39, 0.29) is 23.3 Å². The van der Waals surface area contributed by atoms with Gasteiger partial charge in [-0.3, -0.25) is 10.1 Å². The Morgan fingerprint density at radius 2 is 2.10 bits per heavy atom. The van der Waals surface area contributed by atoms with Gasteiger partial charge in [-0.05, 0) is 18.6 Å². The Kier molecular flexibility index (Phi) is 3.65. The van der Waals surface area contributed by atoms with Crippen molar-refractivity contribution in [1.29, 1.82) is 0 Å². The van der Waals surface area contributed by atoms with Gasteiger partial charge in [-0.25, -0.2) is 0 Å². The van der Waals surface area contributed by atoms with Gasteiger partial charge in [0.2, 0.25) is 17.6 Å². The van der Waals surface area contributed by atoms with E-state index in [9.17, 15) is 10.1 Å². The molecule has 0 saturated carbocycles. The lowest BCUT2D eigenvalue weighted by molar-refractivity contribution is -0.385. The molecule has 3 N–H and O–H groups in total. The molecule has 0 fully saturated rings. The van der Waals surface area contributed by atoms with E-state index in [0.29, 0.717) is 5.82 Å². The predicted octanol–water partition coefficient (Wildman–Crippen LogP) is 2.11. The minimum atomic E-state index is -0.508. The largest absolute Gasteiger partial charge is 0.432 e. The van der Waals surface area contributed by atoms with Crippen LogP contribution in [0.15, 0.2) is 24.3 Å². The second-order valence-corrected chi connectivity index (χ2v) is 4.03. The van der Waals surface area contributed by atoms with Crippen molar-refractivity contribution in [2.45, 2.75) is 6.92 Å². The number of nitrogen functional groups attached to an aromatic ring is 1. The minimum absolute atomic E-state index is 0.0154. The van der Waals surface area contributed by atoms with Gasteiger partial charge < -0.3 is 15.8 Å². The zero-order valence-corrected chi connectivity index (χ0v) is 11.0. The highest BCUT2D eigenvalue weighted by molar-refractivity contribution is 5.51. The third-order valence-electron chi connectivity index (χ3n) is 2.50. The van der Waals surface area contributed by atoms with Gasteiger partial charge >= 0.3 is 5.69 Å². The third kappa shape index (κ3) is 2.91. The van der Waals surface area contributed by atoms with Crippen molar-refractivity contribution in [3.05, 3.63) is 39.9 Å². The quantitative estimate of drug-likeness (QED) is 0.648. The Morgan fingerprint density at radius 3 is 2.75 bits per heavy atom. The highest BCUT2D eigenvalue weighted by Gasteiger charge is 2.17. The summed E-state index contributed by atoms with van der Waals surface area (Å²) >= 11 is 0. The zero-order valence-electron chi connectivity index (χ0n) is 11.0. The summed E-state index contributed by atoms with van der Waals surface area (Å²) < 4.78 is 5.44. The number of nitrogens with two attached hydrogens (primary N) is 1. The molecule has 0 bridgehead atoms. The summed E-state index contributed by atoms with van der Waals surface area (Å²) in [5.41, 5.74) is 6.17. The minimum Gasteiger partial charge on any atom is -0.432 e. The standard InChI is InChI=1S/C12H13N5O3/c1-7-3-4-9(8(5-7)17(18)19)20-11-6-10(14-2)15-12(13)16-11/h3-6H,1-2H3,(H3,13,14,15,16). The number of aryl methyl sites for hydroxylation is 1. The maximum absolute atomic E-state index is 11.0. The van der Waals surface area contributed by atoms with Crippen LogP contribution >= 0.6 is 0 Å². The fourth-order valence-corrected chi connectivity index (χ4v) is 1.59. The average Bonchev–Trinajstić information content (AvgIpc) is 2.40. The molecule has 0 atom stereocenters. The smallest absolute Gasteiger partial charge is 0.311 e. The van der Waals surface area contributed by atoms with Crippen molar-refractivity contribution in [2.75, 3.05) is 18.1 Å². The zero-order chi connectivity index (χ0) is 14.7. The van der Waals surface area contributed by atoms with Crippen LogP contribution in [-0.2, 0) is 0 Å². The lowest BCUT2D eigenvalue weighted by atomic mass is 10.2. The molecule has 0 radical (unpaired) electrons. The molecule has 2 aromatic rings. The van der Waals surface area contributed by atoms with Crippen molar-refractivity contribution in [3.8, 4) is 11.6 Å². The van der Waals surface area contributed by atoms with Crippen LogP contribution in [0.3, 0.4) is 0 Å². The van der Waals surface area contributed by atoms with Crippen LogP contribution in [0.25, 0.3) is 0 Å². The van der Waals surface area contributed by atoms with Crippen LogP contribution in [0, 0.1) is 17.0 Å². The SMILES string of the molecule is CNc1cc(Oc2ccc(C)cc2[N+](=O)[O-])nc(N)n1. The molecule has 0 aliphatic carbocycles. The molecule has 0 spiro atoms. The first-order valence-corrected chi connectivity index (χ1v) is 5.75. The van der Waals surface area contributed by atoms with E-state index in [1.807, 2.05) is 0 Å². The number of nitrogens with one attached hydrogen (secondary N) is 1. The molecule has 8 heteroatoms. The number of anilines is 2. The molecule has 20 heavy (non-hydrogen) atoms. The number of hydrogen-bond acceptors (Lipinski definition) is 7. The van der Waals surface area contributed by atoms with Gasteiger partial charge in [0.15, 0.2) is 0 Å². The summed E-state index contributed by atoms with van der Waals surface area (Å²) in [5.74, 6) is 0.707. The number of aromatic nitrogens is 2. The molecule has 0 saturated heterocycles. The predicted molar refractivity (Wildman–Crippen MR) is 73.9 cm³/mol. The fraction of sp³-hybridized carbons (Fsp3) is 0.167. The number of benzene rings is 1. The van der Waals surface area contributed by atoms with Gasteiger partial charge in [0.25, 0.3) is 0 Å². The molecular weight excluding hydrogens is 262 g/mol.